The number of halogens is 1. The topological polar surface area (TPSA) is 102 Å². The number of aliphatic hydroxyl groups is 2. The molecule has 0 bridgehead atoms. The predicted molar refractivity (Wildman–Crippen MR) is 113 cm³/mol. The number of rotatable bonds is 7. The monoisotopic (exact) mass is 448 g/mol. The van der Waals surface area contributed by atoms with E-state index in [1.807, 2.05) is 31.2 Å². The molecule has 3 rings (SSSR count). The van der Waals surface area contributed by atoms with Crippen molar-refractivity contribution in [2.24, 2.45) is 0 Å². The van der Waals surface area contributed by atoms with Crippen LogP contribution in [0.3, 0.4) is 0 Å². The maximum absolute atomic E-state index is 12.3. The Morgan fingerprint density at radius 2 is 1.84 bits per heavy atom. The molecular formula is C23H25ClO7. The number of ether oxygens (including phenoxy) is 3. The Hall–Kier alpha value is -2.45. The second-order valence-electron chi connectivity index (χ2n) is 7.29. The van der Waals surface area contributed by atoms with Crippen LogP contribution in [0.2, 0.25) is 5.02 Å². The molecular weight excluding hydrogens is 424 g/mol. The third-order valence-electron chi connectivity index (χ3n) is 5.02. The quantitative estimate of drug-likeness (QED) is 0.627. The fraction of sp³-hybridized carbons (Fsp3) is 0.391. The van der Waals surface area contributed by atoms with Gasteiger partial charge in [0, 0.05) is 11.9 Å². The molecule has 7 nitrogen and oxygen atoms in total. The van der Waals surface area contributed by atoms with Gasteiger partial charge in [-0.3, -0.25) is 9.59 Å². The molecule has 1 heterocycles. The van der Waals surface area contributed by atoms with E-state index in [0.717, 1.165) is 16.9 Å². The van der Waals surface area contributed by atoms with Crippen molar-refractivity contribution in [2.75, 3.05) is 13.2 Å². The maximum Gasteiger partial charge on any atom is 0.302 e. The molecule has 31 heavy (non-hydrogen) atoms. The average molecular weight is 449 g/mol. The van der Waals surface area contributed by atoms with Crippen molar-refractivity contribution in [1.29, 1.82) is 0 Å². The molecule has 0 aliphatic carbocycles. The Morgan fingerprint density at radius 3 is 2.48 bits per heavy atom. The van der Waals surface area contributed by atoms with Crippen LogP contribution < -0.4 is 4.74 Å². The van der Waals surface area contributed by atoms with Gasteiger partial charge in [0.15, 0.2) is 5.78 Å². The van der Waals surface area contributed by atoms with Crippen LogP contribution in [0, 0.1) is 0 Å². The molecule has 0 unspecified atom stereocenters. The van der Waals surface area contributed by atoms with Gasteiger partial charge in [-0.2, -0.15) is 0 Å². The van der Waals surface area contributed by atoms with Crippen LogP contribution in [0.4, 0.5) is 0 Å². The molecule has 2 aromatic rings. The molecule has 2 N–H and O–H groups in total. The molecule has 1 saturated heterocycles. The zero-order valence-electron chi connectivity index (χ0n) is 17.3. The van der Waals surface area contributed by atoms with Gasteiger partial charge in [-0.25, -0.2) is 0 Å². The fourth-order valence-corrected chi connectivity index (χ4v) is 3.62. The molecule has 0 saturated carbocycles. The van der Waals surface area contributed by atoms with Crippen molar-refractivity contribution in [2.45, 2.75) is 44.7 Å². The lowest BCUT2D eigenvalue weighted by Gasteiger charge is -2.36. The van der Waals surface area contributed by atoms with Crippen LogP contribution in [0.5, 0.6) is 5.75 Å². The lowest BCUT2D eigenvalue weighted by Crippen LogP contribution is -2.52. The first-order valence-electron chi connectivity index (χ1n) is 9.99. The molecule has 0 radical (unpaired) electrons. The predicted octanol–water partition coefficient (Wildman–Crippen LogP) is 2.62. The van der Waals surface area contributed by atoms with Crippen LogP contribution in [0.1, 0.15) is 36.6 Å². The summed E-state index contributed by atoms with van der Waals surface area (Å²) in [6.45, 7) is 3.43. The highest BCUT2D eigenvalue weighted by atomic mass is 35.5. The smallest absolute Gasteiger partial charge is 0.302 e. The first-order valence-corrected chi connectivity index (χ1v) is 10.4. The van der Waals surface area contributed by atoms with E-state index in [4.69, 9.17) is 25.8 Å². The van der Waals surface area contributed by atoms with Gasteiger partial charge in [0.05, 0.1) is 6.61 Å². The van der Waals surface area contributed by atoms with Gasteiger partial charge >= 0.3 is 5.97 Å². The highest BCUT2D eigenvalue weighted by Gasteiger charge is 2.44. The molecule has 1 aliphatic heterocycles. The Labute approximate surface area is 185 Å². The van der Waals surface area contributed by atoms with E-state index in [0.29, 0.717) is 23.6 Å². The summed E-state index contributed by atoms with van der Waals surface area (Å²) in [4.78, 5) is 23.4. The lowest BCUT2D eigenvalue weighted by molar-refractivity contribution is -0.194. The van der Waals surface area contributed by atoms with E-state index in [1.165, 1.54) is 6.92 Å². The number of carbonyl (C=O) groups excluding carboxylic acids is 2. The van der Waals surface area contributed by atoms with E-state index in [-0.39, 0.29) is 6.61 Å². The zero-order chi connectivity index (χ0) is 22.5. The van der Waals surface area contributed by atoms with E-state index in [2.05, 4.69) is 0 Å². The summed E-state index contributed by atoms with van der Waals surface area (Å²) in [6, 6.07) is 12.7. The molecule has 1 aliphatic rings. The van der Waals surface area contributed by atoms with E-state index >= 15 is 0 Å². The van der Waals surface area contributed by atoms with Gasteiger partial charge < -0.3 is 24.4 Å². The second-order valence-corrected chi connectivity index (χ2v) is 7.70. The minimum atomic E-state index is -1.58. The van der Waals surface area contributed by atoms with E-state index < -0.39 is 36.2 Å². The van der Waals surface area contributed by atoms with Crippen molar-refractivity contribution in [3.63, 3.8) is 0 Å². The molecule has 0 spiro atoms. The number of esters is 1. The molecule has 2 aromatic carbocycles. The summed E-state index contributed by atoms with van der Waals surface area (Å²) in [6.07, 6.45) is -4.71. The van der Waals surface area contributed by atoms with E-state index in [1.54, 1.807) is 18.2 Å². The number of hydrogen-bond donors (Lipinski definition) is 2. The fourth-order valence-electron chi connectivity index (χ4n) is 3.43. The van der Waals surface area contributed by atoms with Crippen molar-refractivity contribution in [1.82, 2.24) is 0 Å². The van der Waals surface area contributed by atoms with Crippen molar-refractivity contribution < 1.29 is 34.0 Å². The van der Waals surface area contributed by atoms with Crippen molar-refractivity contribution in [3.05, 3.63) is 64.2 Å². The summed E-state index contributed by atoms with van der Waals surface area (Å²) < 4.78 is 16.1. The summed E-state index contributed by atoms with van der Waals surface area (Å²) in [5.74, 6) is -0.563. The third-order valence-corrected chi connectivity index (χ3v) is 5.39. The third kappa shape index (κ3) is 5.62. The van der Waals surface area contributed by atoms with Crippen LogP contribution in [-0.4, -0.2) is 53.5 Å². The highest BCUT2D eigenvalue weighted by molar-refractivity contribution is 6.31. The lowest BCUT2D eigenvalue weighted by atomic mass is 9.91. The number of ketones is 1. The average Bonchev–Trinajstić information content (AvgIpc) is 2.75. The molecule has 0 amide bonds. The number of hydrogen-bond acceptors (Lipinski definition) is 7. The summed E-state index contributed by atoms with van der Waals surface area (Å²) >= 11 is 6.38. The van der Waals surface area contributed by atoms with Gasteiger partial charge in [0.1, 0.15) is 36.8 Å². The number of aliphatic hydroxyl groups excluding tert-OH is 2. The largest absolute Gasteiger partial charge is 0.494 e. The Balaban J connectivity index is 1.81. The minimum absolute atomic E-state index is 0.294. The van der Waals surface area contributed by atoms with Crippen LogP contribution in [0.25, 0.3) is 0 Å². The molecule has 1 fully saturated rings. The first kappa shape index (κ1) is 23.2. The molecule has 0 aromatic heterocycles. The van der Waals surface area contributed by atoms with Gasteiger partial charge in [0.2, 0.25) is 0 Å². The van der Waals surface area contributed by atoms with Crippen LogP contribution in [-0.2, 0) is 25.5 Å². The normalized spacial score (nSPS) is 23.5. The van der Waals surface area contributed by atoms with Crippen molar-refractivity contribution >= 4 is 23.4 Å². The number of benzene rings is 2. The van der Waals surface area contributed by atoms with Gasteiger partial charge in [-0.05, 0) is 48.2 Å². The molecule has 8 heteroatoms. The Kier molecular flexibility index (Phi) is 7.67. The second kappa shape index (κ2) is 10.2. The first-order chi connectivity index (χ1) is 14.8. The van der Waals surface area contributed by atoms with E-state index in [9.17, 15) is 19.8 Å². The summed E-state index contributed by atoms with van der Waals surface area (Å²) in [7, 11) is 0. The maximum atomic E-state index is 12.3. The molecule has 4 atom stereocenters. The Bertz CT molecular complexity index is 928. The summed E-state index contributed by atoms with van der Waals surface area (Å²) in [5.41, 5.74) is 2.33. The zero-order valence-corrected chi connectivity index (χ0v) is 18.0. The highest BCUT2D eigenvalue weighted by Crippen LogP contribution is 2.33. The van der Waals surface area contributed by atoms with Gasteiger partial charge in [-0.1, -0.05) is 35.9 Å². The number of Topliss-reactive ketones (excluding diaryl/α,β-unsaturated/α-hetero) is 1. The number of carbonyl (C=O) groups is 2. The Morgan fingerprint density at radius 1 is 1.13 bits per heavy atom. The van der Waals surface area contributed by atoms with Gasteiger partial charge in [0.25, 0.3) is 0 Å². The van der Waals surface area contributed by atoms with Crippen molar-refractivity contribution in [3.8, 4) is 5.75 Å². The molecule has 166 valence electrons. The summed E-state index contributed by atoms with van der Waals surface area (Å²) in [5, 5.41) is 21.0. The SMILES string of the molecule is CCOc1ccc(Cc2cc([C@@H]3O[C@H](COC(C)=O)[C@H](O)C(=O)[C@@H]3O)ccc2Cl)cc1. The minimum Gasteiger partial charge on any atom is -0.494 e. The van der Waals surface area contributed by atoms with Crippen LogP contribution >= 0.6 is 11.6 Å². The van der Waals surface area contributed by atoms with Gasteiger partial charge in [-0.15, -0.1) is 0 Å². The standard InChI is InChI=1S/C23H25ClO7/c1-3-29-17-7-4-14(5-8-17)10-16-11-15(6-9-18(16)24)23-22(28)21(27)20(26)19(31-23)12-30-13(2)25/h4-9,11,19-20,22-23,26,28H,3,10,12H2,1-2H3/t19-,20+,22+,23+/m1/s1. The van der Waals surface area contributed by atoms with Crippen LogP contribution in [0.15, 0.2) is 42.5 Å².